The van der Waals surface area contributed by atoms with E-state index in [0.717, 1.165) is 24.1 Å². The van der Waals surface area contributed by atoms with E-state index in [-0.39, 0.29) is 23.4 Å². The molecule has 0 bridgehead atoms. The van der Waals surface area contributed by atoms with Gasteiger partial charge in [0.25, 0.3) is 0 Å². The Morgan fingerprint density at radius 3 is 2.32 bits per heavy atom. The molecule has 0 fully saturated rings. The first-order valence-electron chi connectivity index (χ1n) is 7.94. The van der Waals surface area contributed by atoms with E-state index in [2.05, 4.69) is 67.1 Å². The van der Waals surface area contributed by atoms with Crippen LogP contribution in [0.1, 0.15) is 69.9 Å². The van der Waals surface area contributed by atoms with Gasteiger partial charge in [-0.1, -0.05) is 55.8 Å². The van der Waals surface area contributed by atoms with Crippen molar-refractivity contribution in [2.24, 2.45) is 0 Å². The first kappa shape index (κ1) is 18.9. The lowest BCUT2D eigenvalue weighted by Crippen LogP contribution is -2.18. The Morgan fingerprint density at radius 1 is 1.14 bits per heavy atom. The fraction of sp³-hybridized carbons (Fsp3) is 0.556. The minimum atomic E-state index is -0.240. The predicted molar refractivity (Wildman–Crippen MR) is 95.9 cm³/mol. The molecule has 2 unspecified atom stereocenters. The van der Waals surface area contributed by atoms with E-state index in [1.807, 2.05) is 0 Å². The summed E-state index contributed by atoms with van der Waals surface area (Å²) in [5.74, 6) is 0.468. The average molecular weight is 368 g/mol. The number of benzene rings is 1. The highest BCUT2D eigenvalue weighted by atomic mass is 79.9. The van der Waals surface area contributed by atoms with E-state index in [4.69, 9.17) is 0 Å². The van der Waals surface area contributed by atoms with E-state index >= 15 is 0 Å². The molecule has 0 radical (unpaired) electrons. The van der Waals surface area contributed by atoms with Crippen molar-refractivity contribution in [3.05, 3.63) is 29.3 Å². The van der Waals surface area contributed by atoms with E-state index in [1.165, 1.54) is 5.56 Å². The number of halogens is 1. The SMILES string of the molecule is CCC(C)c1ccc(C(C)CC)c(NC(=O)CC(=O)CBr)c1. The number of hydrogen-bond donors (Lipinski definition) is 1. The molecule has 0 saturated carbocycles. The molecule has 0 aliphatic carbocycles. The number of carbonyl (C=O) groups excluding carboxylic acids is 2. The van der Waals surface area contributed by atoms with Crippen LogP contribution in [-0.4, -0.2) is 17.0 Å². The van der Waals surface area contributed by atoms with Gasteiger partial charge in [0.1, 0.15) is 0 Å². The van der Waals surface area contributed by atoms with Crippen molar-refractivity contribution < 1.29 is 9.59 Å². The summed E-state index contributed by atoms with van der Waals surface area (Å²) in [5, 5.41) is 3.14. The summed E-state index contributed by atoms with van der Waals surface area (Å²) in [6.07, 6.45) is 1.97. The van der Waals surface area contributed by atoms with Gasteiger partial charge in [-0.05, 0) is 41.9 Å². The van der Waals surface area contributed by atoms with E-state index < -0.39 is 0 Å². The van der Waals surface area contributed by atoms with Gasteiger partial charge < -0.3 is 5.32 Å². The quantitative estimate of drug-likeness (QED) is 0.518. The van der Waals surface area contributed by atoms with Gasteiger partial charge in [0.15, 0.2) is 5.78 Å². The summed E-state index contributed by atoms with van der Waals surface area (Å²) >= 11 is 3.09. The maximum absolute atomic E-state index is 12.0. The van der Waals surface area contributed by atoms with Crippen LogP contribution in [0.15, 0.2) is 18.2 Å². The molecule has 0 spiro atoms. The molecule has 0 aliphatic rings. The molecule has 1 N–H and O–H groups in total. The van der Waals surface area contributed by atoms with Gasteiger partial charge in [-0.15, -0.1) is 0 Å². The van der Waals surface area contributed by atoms with Crippen LogP contribution >= 0.6 is 15.9 Å². The van der Waals surface area contributed by atoms with Crippen molar-refractivity contribution in [3.63, 3.8) is 0 Å². The third-order valence-corrected chi connectivity index (χ3v) is 4.81. The molecule has 0 aromatic heterocycles. The Kier molecular flexibility index (Phi) is 7.80. The molecule has 4 heteroatoms. The normalized spacial score (nSPS) is 13.5. The van der Waals surface area contributed by atoms with Gasteiger partial charge in [0, 0.05) is 5.69 Å². The van der Waals surface area contributed by atoms with Gasteiger partial charge in [-0.3, -0.25) is 9.59 Å². The molecule has 1 aromatic rings. The Hall–Kier alpha value is -1.16. The molecule has 0 heterocycles. The summed E-state index contributed by atoms with van der Waals surface area (Å²) in [6.45, 7) is 8.61. The van der Waals surface area contributed by atoms with Crippen molar-refractivity contribution >= 4 is 33.3 Å². The number of ketones is 1. The molecule has 3 nitrogen and oxygen atoms in total. The van der Waals surface area contributed by atoms with Crippen LogP contribution in [0.25, 0.3) is 0 Å². The lowest BCUT2D eigenvalue weighted by molar-refractivity contribution is -0.123. The molecule has 1 rings (SSSR count). The number of nitrogens with one attached hydrogen (secondary N) is 1. The number of carbonyl (C=O) groups is 2. The molecular weight excluding hydrogens is 342 g/mol. The van der Waals surface area contributed by atoms with Crippen LogP contribution in [-0.2, 0) is 9.59 Å². The fourth-order valence-corrected chi connectivity index (χ4v) is 2.49. The highest BCUT2D eigenvalue weighted by Gasteiger charge is 2.15. The van der Waals surface area contributed by atoms with E-state index in [0.29, 0.717) is 11.8 Å². The Labute approximate surface area is 142 Å². The lowest BCUT2D eigenvalue weighted by Gasteiger charge is -2.19. The molecule has 0 saturated heterocycles. The zero-order chi connectivity index (χ0) is 16.7. The summed E-state index contributed by atoms with van der Waals surface area (Å²) in [4.78, 5) is 23.4. The Morgan fingerprint density at radius 2 is 1.77 bits per heavy atom. The maximum Gasteiger partial charge on any atom is 0.231 e. The number of alkyl halides is 1. The van der Waals surface area contributed by atoms with Crippen LogP contribution in [0, 0.1) is 0 Å². The number of Topliss-reactive ketones (excluding diaryl/α,β-unsaturated/α-hetero) is 1. The molecule has 122 valence electrons. The minimum absolute atomic E-state index is 0.0846. The summed E-state index contributed by atoms with van der Waals surface area (Å²) < 4.78 is 0. The van der Waals surface area contributed by atoms with Crippen LogP contribution in [0.5, 0.6) is 0 Å². The summed E-state index contributed by atoms with van der Waals surface area (Å²) in [7, 11) is 0. The topological polar surface area (TPSA) is 46.2 Å². The van der Waals surface area contributed by atoms with Crippen molar-refractivity contribution in [2.75, 3.05) is 10.6 Å². The van der Waals surface area contributed by atoms with Crippen LogP contribution in [0.3, 0.4) is 0 Å². The molecule has 2 atom stereocenters. The average Bonchev–Trinajstić information content (AvgIpc) is 2.52. The van der Waals surface area contributed by atoms with Gasteiger partial charge in [0.05, 0.1) is 11.8 Å². The number of anilines is 1. The zero-order valence-corrected chi connectivity index (χ0v) is 15.5. The molecular formula is C18H26BrNO2. The fourth-order valence-electron chi connectivity index (χ4n) is 2.29. The molecule has 22 heavy (non-hydrogen) atoms. The first-order chi connectivity index (χ1) is 10.4. The Bertz CT molecular complexity index is 528. The maximum atomic E-state index is 12.0. The second-order valence-electron chi connectivity index (χ2n) is 5.86. The molecule has 0 aliphatic heterocycles. The van der Waals surface area contributed by atoms with Gasteiger partial charge >= 0.3 is 0 Å². The van der Waals surface area contributed by atoms with Crippen LogP contribution in [0.2, 0.25) is 0 Å². The predicted octanol–water partition coefficient (Wildman–Crippen LogP) is 5.01. The summed E-state index contributed by atoms with van der Waals surface area (Å²) in [5.41, 5.74) is 3.20. The van der Waals surface area contributed by atoms with Gasteiger partial charge in [-0.2, -0.15) is 0 Å². The highest BCUT2D eigenvalue weighted by molar-refractivity contribution is 9.09. The Balaban J connectivity index is 3.05. The second-order valence-corrected chi connectivity index (χ2v) is 6.42. The number of rotatable bonds is 8. The van der Waals surface area contributed by atoms with Gasteiger partial charge in [-0.25, -0.2) is 0 Å². The highest BCUT2D eigenvalue weighted by Crippen LogP contribution is 2.31. The molecule has 1 aromatic carbocycles. The second kappa shape index (κ2) is 9.09. The van der Waals surface area contributed by atoms with Crippen LogP contribution in [0.4, 0.5) is 5.69 Å². The van der Waals surface area contributed by atoms with Crippen LogP contribution < -0.4 is 5.32 Å². The number of hydrogen-bond acceptors (Lipinski definition) is 2. The third kappa shape index (κ3) is 5.24. The standard InChI is InChI=1S/C18H26BrNO2/c1-5-12(3)14-7-8-16(13(4)6-2)17(9-14)20-18(22)10-15(21)11-19/h7-9,12-13H,5-6,10-11H2,1-4H3,(H,20,22). The first-order valence-corrected chi connectivity index (χ1v) is 9.06. The lowest BCUT2D eigenvalue weighted by atomic mass is 9.91. The molecule has 1 amide bonds. The smallest absolute Gasteiger partial charge is 0.231 e. The van der Waals surface area contributed by atoms with Crippen molar-refractivity contribution in [1.29, 1.82) is 0 Å². The zero-order valence-electron chi connectivity index (χ0n) is 13.9. The van der Waals surface area contributed by atoms with E-state index in [9.17, 15) is 9.59 Å². The summed E-state index contributed by atoms with van der Waals surface area (Å²) in [6, 6.07) is 6.32. The van der Waals surface area contributed by atoms with Gasteiger partial charge in [0.2, 0.25) is 5.91 Å². The number of amides is 1. The van der Waals surface area contributed by atoms with E-state index in [1.54, 1.807) is 0 Å². The minimum Gasteiger partial charge on any atom is -0.325 e. The largest absolute Gasteiger partial charge is 0.325 e. The monoisotopic (exact) mass is 367 g/mol. The van der Waals surface area contributed by atoms with Crippen molar-refractivity contribution in [2.45, 2.75) is 58.8 Å². The van der Waals surface area contributed by atoms with Crippen molar-refractivity contribution in [3.8, 4) is 0 Å². The van der Waals surface area contributed by atoms with Crippen molar-refractivity contribution in [1.82, 2.24) is 0 Å². The third-order valence-electron chi connectivity index (χ3n) is 4.18.